The molecule has 1 atom stereocenters. The van der Waals surface area contributed by atoms with Gasteiger partial charge in [0.2, 0.25) is 0 Å². The van der Waals surface area contributed by atoms with E-state index in [2.05, 4.69) is 31.3 Å². The molecule has 1 heterocycles. The SMILES string of the molecule is CCC(CC)C(CNC)OCc1ccc2sc3ccccc3c(=O)c2c1.I. The molecule has 27 heavy (non-hydrogen) atoms. The van der Waals surface area contributed by atoms with E-state index in [1.807, 2.05) is 37.4 Å². The highest BCUT2D eigenvalue weighted by molar-refractivity contribution is 14.0. The molecule has 0 amide bonds. The Kier molecular flexibility index (Phi) is 8.66. The fraction of sp³-hybridized carbons (Fsp3) is 0.409. The van der Waals surface area contributed by atoms with Gasteiger partial charge in [0, 0.05) is 26.7 Å². The van der Waals surface area contributed by atoms with Crippen molar-refractivity contribution in [1.29, 1.82) is 0 Å². The second-order valence-electron chi connectivity index (χ2n) is 6.74. The minimum Gasteiger partial charge on any atom is -0.372 e. The first-order valence-corrected chi connectivity index (χ1v) is 10.2. The molecule has 0 aliphatic rings. The third-order valence-electron chi connectivity index (χ3n) is 5.08. The molecule has 0 saturated heterocycles. The summed E-state index contributed by atoms with van der Waals surface area (Å²) in [7, 11) is 1.96. The van der Waals surface area contributed by atoms with Gasteiger partial charge < -0.3 is 10.1 Å². The summed E-state index contributed by atoms with van der Waals surface area (Å²) >= 11 is 1.67. The highest BCUT2D eigenvalue weighted by Crippen LogP contribution is 2.26. The summed E-state index contributed by atoms with van der Waals surface area (Å²) in [6, 6.07) is 14.0. The van der Waals surface area contributed by atoms with E-state index in [1.54, 1.807) is 11.3 Å². The Balaban J connectivity index is 0.00000261. The van der Waals surface area contributed by atoms with Gasteiger partial charge in [-0.1, -0.05) is 44.9 Å². The standard InChI is InChI=1S/C22H27NO2S.HI/c1-4-16(5-2)19(13-23-3)25-14-15-10-11-21-18(12-15)22(24)17-8-6-7-9-20(17)26-21;/h6-12,16,19,23H,4-5,13-14H2,1-3H3;1H. The van der Waals surface area contributed by atoms with Gasteiger partial charge in [-0.3, -0.25) is 4.79 Å². The van der Waals surface area contributed by atoms with Crippen molar-refractivity contribution < 1.29 is 4.74 Å². The van der Waals surface area contributed by atoms with Crippen molar-refractivity contribution >= 4 is 55.5 Å². The monoisotopic (exact) mass is 497 g/mol. The molecular weight excluding hydrogens is 469 g/mol. The van der Waals surface area contributed by atoms with Gasteiger partial charge in [-0.15, -0.1) is 35.3 Å². The van der Waals surface area contributed by atoms with Crippen LogP contribution in [0.25, 0.3) is 20.2 Å². The Bertz CT molecular complexity index is 936. The van der Waals surface area contributed by atoms with Crippen LogP contribution >= 0.6 is 35.3 Å². The number of hydrogen-bond donors (Lipinski definition) is 1. The maximum atomic E-state index is 12.8. The van der Waals surface area contributed by atoms with Crippen LogP contribution in [0.15, 0.2) is 47.3 Å². The van der Waals surface area contributed by atoms with Crippen LogP contribution in [0.3, 0.4) is 0 Å². The molecule has 5 heteroatoms. The molecule has 0 aliphatic heterocycles. The molecule has 0 aliphatic carbocycles. The van der Waals surface area contributed by atoms with Gasteiger partial charge in [0.15, 0.2) is 5.43 Å². The van der Waals surface area contributed by atoms with E-state index >= 15 is 0 Å². The van der Waals surface area contributed by atoms with Gasteiger partial charge in [-0.05, 0) is 42.8 Å². The maximum Gasteiger partial charge on any atom is 0.195 e. The van der Waals surface area contributed by atoms with E-state index in [9.17, 15) is 4.79 Å². The molecule has 0 bridgehead atoms. The second-order valence-corrected chi connectivity index (χ2v) is 7.83. The quantitative estimate of drug-likeness (QED) is 0.327. The number of rotatable bonds is 8. The smallest absolute Gasteiger partial charge is 0.195 e. The maximum absolute atomic E-state index is 12.8. The summed E-state index contributed by atoms with van der Waals surface area (Å²) in [5, 5.41) is 4.83. The molecule has 3 rings (SSSR count). The summed E-state index contributed by atoms with van der Waals surface area (Å²) in [4.78, 5) is 12.8. The molecular formula is C22H28INO2S. The third kappa shape index (κ3) is 5.08. The Morgan fingerprint density at radius 2 is 1.74 bits per heavy atom. The van der Waals surface area contributed by atoms with Gasteiger partial charge in [0.05, 0.1) is 12.7 Å². The highest BCUT2D eigenvalue weighted by Gasteiger charge is 2.18. The Morgan fingerprint density at radius 3 is 2.44 bits per heavy atom. The first-order chi connectivity index (χ1) is 12.7. The molecule has 1 aromatic heterocycles. The normalized spacial score (nSPS) is 12.4. The van der Waals surface area contributed by atoms with E-state index in [0.29, 0.717) is 12.5 Å². The molecule has 0 saturated carbocycles. The lowest BCUT2D eigenvalue weighted by molar-refractivity contribution is 0.000229. The average Bonchev–Trinajstić information content (AvgIpc) is 2.67. The lowest BCUT2D eigenvalue weighted by atomic mass is 9.96. The summed E-state index contributed by atoms with van der Waals surface area (Å²) in [6.07, 6.45) is 2.41. The second kappa shape index (κ2) is 10.5. The predicted octanol–water partition coefficient (Wildman–Crippen LogP) is 5.57. The van der Waals surface area contributed by atoms with Crippen LogP contribution in [0.1, 0.15) is 32.3 Å². The Morgan fingerprint density at radius 1 is 1.04 bits per heavy atom. The van der Waals surface area contributed by atoms with E-state index in [4.69, 9.17) is 4.74 Å². The van der Waals surface area contributed by atoms with Crippen molar-refractivity contribution in [1.82, 2.24) is 5.32 Å². The van der Waals surface area contributed by atoms with E-state index in [-0.39, 0.29) is 35.5 Å². The summed E-state index contributed by atoms with van der Waals surface area (Å²) < 4.78 is 8.30. The summed E-state index contributed by atoms with van der Waals surface area (Å²) in [6.45, 7) is 5.81. The van der Waals surface area contributed by atoms with Crippen LogP contribution in [0.5, 0.6) is 0 Å². The lowest BCUT2D eigenvalue weighted by Gasteiger charge is -2.25. The molecule has 3 nitrogen and oxygen atoms in total. The average molecular weight is 497 g/mol. The zero-order chi connectivity index (χ0) is 18.5. The van der Waals surface area contributed by atoms with Gasteiger partial charge in [-0.2, -0.15) is 0 Å². The van der Waals surface area contributed by atoms with Crippen molar-refractivity contribution in [3.63, 3.8) is 0 Å². The number of benzene rings is 2. The first-order valence-electron chi connectivity index (χ1n) is 9.38. The van der Waals surface area contributed by atoms with Gasteiger partial charge in [0.1, 0.15) is 0 Å². The Hall–Kier alpha value is -1.02. The zero-order valence-corrected chi connectivity index (χ0v) is 19.3. The number of halogens is 1. The number of ether oxygens (including phenoxy) is 1. The van der Waals surface area contributed by atoms with Gasteiger partial charge in [-0.25, -0.2) is 0 Å². The fourth-order valence-electron chi connectivity index (χ4n) is 3.52. The van der Waals surface area contributed by atoms with E-state index in [1.165, 1.54) is 0 Å². The van der Waals surface area contributed by atoms with Crippen LogP contribution in [-0.4, -0.2) is 19.7 Å². The van der Waals surface area contributed by atoms with Crippen LogP contribution in [0, 0.1) is 5.92 Å². The number of fused-ring (bicyclic) bond motifs is 2. The molecule has 2 aromatic carbocycles. The molecule has 1 unspecified atom stereocenters. The first kappa shape index (κ1) is 22.3. The zero-order valence-electron chi connectivity index (χ0n) is 16.2. The molecule has 0 radical (unpaired) electrons. The minimum atomic E-state index is 0. The number of hydrogen-bond acceptors (Lipinski definition) is 4. The lowest BCUT2D eigenvalue weighted by Crippen LogP contribution is -2.33. The van der Waals surface area contributed by atoms with Crippen LogP contribution in [0.2, 0.25) is 0 Å². The van der Waals surface area contributed by atoms with E-state index in [0.717, 1.165) is 45.1 Å². The Labute approximate surface area is 182 Å². The van der Waals surface area contributed by atoms with Gasteiger partial charge in [0.25, 0.3) is 0 Å². The van der Waals surface area contributed by atoms with Crippen LogP contribution < -0.4 is 10.7 Å². The van der Waals surface area contributed by atoms with Crippen LogP contribution in [0.4, 0.5) is 0 Å². The van der Waals surface area contributed by atoms with Gasteiger partial charge >= 0.3 is 0 Å². The molecule has 0 fully saturated rings. The van der Waals surface area contributed by atoms with Crippen molar-refractivity contribution in [3.05, 3.63) is 58.3 Å². The van der Waals surface area contributed by atoms with Crippen molar-refractivity contribution in [2.24, 2.45) is 5.92 Å². The minimum absolute atomic E-state index is 0. The van der Waals surface area contributed by atoms with Crippen LogP contribution in [-0.2, 0) is 11.3 Å². The number of nitrogens with one attached hydrogen (secondary N) is 1. The van der Waals surface area contributed by atoms with E-state index < -0.39 is 0 Å². The predicted molar refractivity (Wildman–Crippen MR) is 128 cm³/mol. The molecule has 146 valence electrons. The van der Waals surface area contributed by atoms with Crippen molar-refractivity contribution in [2.45, 2.75) is 39.4 Å². The summed E-state index contributed by atoms with van der Waals surface area (Å²) in [5.41, 5.74) is 1.17. The molecule has 1 N–H and O–H groups in total. The van der Waals surface area contributed by atoms with Crippen molar-refractivity contribution in [3.8, 4) is 0 Å². The summed E-state index contributed by atoms with van der Waals surface area (Å²) in [5.74, 6) is 0.546. The van der Waals surface area contributed by atoms with Crippen molar-refractivity contribution in [2.75, 3.05) is 13.6 Å². The third-order valence-corrected chi connectivity index (χ3v) is 6.24. The molecule has 3 aromatic rings. The largest absolute Gasteiger partial charge is 0.372 e. The molecule has 0 spiro atoms. The topological polar surface area (TPSA) is 38.3 Å². The highest BCUT2D eigenvalue weighted by atomic mass is 127. The number of likely N-dealkylation sites (N-methyl/N-ethyl adjacent to an activating group) is 1. The fourth-order valence-corrected chi connectivity index (χ4v) is 4.57.